The van der Waals surface area contributed by atoms with E-state index < -0.39 is 0 Å². The highest BCUT2D eigenvalue weighted by Gasteiger charge is 2.23. The molecule has 0 aliphatic heterocycles. The lowest BCUT2D eigenvalue weighted by Crippen LogP contribution is -2.13. The number of fused-ring (bicyclic) bond motifs is 4. The van der Waals surface area contributed by atoms with Gasteiger partial charge >= 0.3 is 0 Å². The topological polar surface area (TPSA) is 70.2 Å². The summed E-state index contributed by atoms with van der Waals surface area (Å²) >= 11 is 0. The third kappa shape index (κ3) is 5.38. The van der Waals surface area contributed by atoms with E-state index in [0.717, 1.165) is 84.8 Å². The van der Waals surface area contributed by atoms with Crippen molar-refractivity contribution in [2.75, 3.05) is 11.9 Å². The zero-order valence-electron chi connectivity index (χ0n) is 30.5. The molecule has 2 heterocycles. The number of rotatable bonds is 9. The van der Waals surface area contributed by atoms with E-state index in [4.69, 9.17) is 4.98 Å². The predicted octanol–water partition coefficient (Wildman–Crippen LogP) is 11.7. The molecule has 5 heteroatoms. The van der Waals surface area contributed by atoms with Crippen molar-refractivity contribution in [2.45, 2.75) is 60.3 Å². The highest BCUT2D eigenvalue weighted by atomic mass is 16.1. The van der Waals surface area contributed by atoms with Crippen LogP contribution in [0, 0.1) is 39.0 Å². The van der Waals surface area contributed by atoms with Crippen LogP contribution in [0.4, 0.5) is 5.69 Å². The summed E-state index contributed by atoms with van der Waals surface area (Å²) in [6.45, 7) is 11.7. The number of benzene rings is 6. The fraction of sp³-hybridized carbons (Fsp3) is 0.213. The van der Waals surface area contributed by atoms with E-state index in [-0.39, 0.29) is 5.56 Å². The lowest BCUT2D eigenvalue weighted by atomic mass is 9.89. The first-order valence-corrected chi connectivity index (χ1v) is 18.4. The van der Waals surface area contributed by atoms with Gasteiger partial charge in [-0.05, 0) is 127 Å². The maximum absolute atomic E-state index is 14.8. The Morgan fingerprint density at radius 3 is 2.04 bits per heavy atom. The summed E-state index contributed by atoms with van der Waals surface area (Å²) in [4.78, 5) is 20.2. The minimum atomic E-state index is -0.134. The van der Waals surface area contributed by atoms with Crippen LogP contribution in [0.2, 0.25) is 0 Å². The molecule has 0 radical (unpaired) electrons. The molecule has 1 N–H and O–H groups in total. The lowest BCUT2D eigenvalue weighted by Gasteiger charge is -2.15. The molecule has 0 unspecified atom stereocenters. The van der Waals surface area contributed by atoms with E-state index in [9.17, 15) is 10.1 Å². The molecule has 0 aliphatic carbocycles. The molecule has 0 bridgehead atoms. The maximum Gasteiger partial charge on any atom is 0.264 e. The van der Waals surface area contributed by atoms with E-state index in [1.807, 2.05) is 6.07 Å². The van der Waals surface area contributed by atoms with Gasteiger partial charge in [0.15, 0.2) is 0 Å². The van der Waals surface area contributed by atoms with Crippen LogP contribution in [-0.4, -0.2) is 15.9 Å². The third-order valence-electron chi connectivity index (χ3n) is 10.8. The summed E-state index contributed by atoms with van der Waals surface area (Å²) in [5, 5.41) is 16.9. The molecule has 256 valence electrons. The Morgan fingerprint density at radius 1 is 0.692 bits per heavy atom. The van der Waals surface area contributed by atoms with Crippen LogP contribution >= 0.6 is 0 Å². The molecule has 0 atom stereocenters. The standard InChI is InChI=1S/C47H42N4O/c1-6-7-8-9-24-49-35-19-16-32(17-20-35)36-22-23-37-44-38(21-18-33(27-48)43(36)44)47(52)51-40-26-34(41-28(2)12-10-13-29(41)3)25-39(45(40)50-46(37)51)42-30(4)14-11-15-31(42)5/h10-23,25-26,49H,6-9,24H2,1-5H3. The van der Waals surface area contributed by atoms with Gasteiger partial charge < -0.3 is 5.32 Å². The van der Waals surface area contributed by atoms with Crippen molar-refractivity contribution in [2.24, 2.45) is 0 Å². The minimum Gasteiger partial charge on any atom is -0.385 e. The second-order valence-corrected chi connectivity index (χ2v) is 14.2. The molecule has 5 nitrogen and oxygen atoms in total. The van der Waals surface area contributed by atoms with Gasteiger partial charge in [0.2, 0.25) is 0 Å². The minimum absolute atomic E-state index is 0.134. The molecule has 0 aliphatic rings. The van der Waals surface area contributed by atoms with Crippen LogP contribution in [0.25, 0.3) is 71.6 Å². The van der Waals surface area contributed by atoms with E-state index in [2.05, 4.69) is 131 Å². The summed E-state index contributed by atoms with van der Waals surface area (Å²) in [6.07, 6.45) is 4.85. The molecular weight excluding hydrogens is 637 g/mol. The van der Waals surface area contributed by atoms with Crippen molar-refractivity contribution in [3.8, 4) is 39.4 Å². The quantitative estimate of drug-likeness (QED) is 0.154. The molecular formula is C47H42N4O. The number of nitrogens with one attached hydrogen (secondary N) is 1. The smallest absolute Gasteiger partial charge is 0.264 e. The molecule has 0 amide bonds. The van der Waals surface area contributed by atoms with Crippen molar-refractivity contribution in [1.29, 1.82) is 5.26 Å². The Hall–Kier alpha value is -5.99. The van der Waals surface area contributed by atoms with Crippen molar-refractivity contribution < 1.29 is 0 Å². The van der Waals surface area contributed by atoms with Crippen LogP contribution < -0.4 is 10.9 Å². The van der Waals surface area contributed by atoms with Crippen molar-refractivity contribution >= 4 is 43.9 Å². The summed E-state index contributed by atoms with van der Waals surface area (Å²) < 4.78 is 1.80. The fourth-order valence-corrected chi connectivity index (χ4v) is 8.27. The van der Waals surface area contributed by atoms with E-state index in [0.29, 0.717) is 16.6 Å². The Bertz CT molecular complexity index is 2730. The number of aryl methyl sites for hydroxylation is 4. The van der Waals surface area contributed by atoms with Crippen molar-refractivity contribution in [3.05, 3.63) is 135 Å². The average molecular weight is 679 g/mol. The largest absolute Gasteiger partial charge is 0.385 e. The Labute approximate surface area is 304 Å². The zero-order chi connectivity index (χ0) is 36.1. The first kappa shape index (κ1) is 33.2. The predicted molar refractivity (Wildman–Crippen MR) is 218 cm³/mol. The average Bonchev–Trinajstić information content (AvgIpc) is 3.54. The number of pyridine rings is 1. The van der Waals surface area contributed by atoms with Gasteiger partial charge in [-0.3, -0.25) is 9.20 Å². The molecule has 8 rings (SSSR count). The summed E-state index contributed by atoms with van der Waals surface area (Å²) in [5.41, 5.74) is 14.6. The van der Waals surface area contributed by atoms with Gasteiger partial charge in [-0.1, -0.05) is 80.8 Å². The second kappa shape index (κ2) is 13.3. The van der Waals surface area contributed by atoms with Gasteiger partial charge in [0, 0.05) is 39.3 Å². The number of aromatic nitrogens is 2. The fourth-order valence-electron chi connectivity index (χ4n) is 8.27. The van der Waals surface area contributed by atoms with Gasteiger partial charge in [-0.2, -0.15) is 5.26 Å². The number of nitriles is 1. The number of imidazole rings is 1. The van der Waals surface area contributed by atoms with Crippen LogP contribution in [0.3, 0.4) is 0 Å². The number of hydrogen-bond acceptors (Lipinski definition) is 4. The van der Waals surface area contributed by atoms with Crippen LogP contribution in [-0.2, 0) is 0 Å². The van der Waals surface area contributed by atoms with Gasteiger partial charge in [0.05, 0.1) is 22.7 Å². The van der Waals surface area contributed by atoms with E-state index >= 15 is 0 Å². The first-order chi connectivity index (χ1) is 25.3. The number of anilines is 1. The molecule has 8 aromatic rings. The lowest BCUT2D eigenvalue weighted by molar-refractivity contribution is 0.685. The number of nitrogens with zero attached hydrogens (tertiary/aromatic N) is 3. The normalized spacial score (nSPS) is 11.6. The van der Waals surface area contributed by atoms with Crippen molar-refractivity contribution in [1.82, 2.24) is 9.38 Å². The first-order valence-electron chi connectivity index (χ1n) is 18.4. The molecule has 0 saturated heterocycles. The SMILES string of the molecule is CCCCCCNc1ccc(-c2ccc3c4c2c(C#N)ccc4c(=O)n2c4cc(-c5c(C)cccc5C)cc(-c5c(C)cccc5C)c4nc32)cc1. The Morgan fingerprint density at radius 2 is 1.37 bits per heavy atom. The number of hydrogen-bond donors (Lipinski definition) is 1. The molecule has 0 saturated carbocycles. The number of unbranched alkanes of at least 4 members (excludes halogenated alkanes) is 3. The molecule has 52 heavy (non-hydrogen) atoms. The molecule has 0 spiro atoms. The molecule has 0 fully saturated rings. The van der Waals surface area contributed by atoms with E-state index in [1.54, 1.807) is 10.5 Å². The summed E-state index contributed by atoms with van der Waals surface area (Å²) in [5.74, 6) is 0. The second-order valence-electron chi connectivity index (χ2n) is 14.2. The third-order valence-corrected chi connectivity index (χ3v) is 10.8. The zero-order valence-corrected chi connectivity index (χ0v) is 30.5. The van der Waals surface area contributed by atoms with Gasteiger partial charge in [0.25, 0.3) is 5.56 Å². The van der Waals surface area contributed by atoms with Crippen LogP contribution in [0.5, 0.6) is 0 Å². The summed E-state index contributed by atoms with van der Waals surface area (Å²) in [6, 6.07) is 35.7. The Kier molecular flexibility index (Phi) is 8.47. The van der Waals surface area contributed by atoms with Gasteiger partial charge in [-0.25, -0.2) is 4.98 Å². The Balaban J connectivity index is 1.39. The van der Waals surface area contributed by atoms with Gasteiger partial charge in [0.1, 0.15) is 5.65 Å². The highest BCUT2D eigenvalue weighted by Crippen LogP contribution is 2.42. The molecule has 6 aromatic carbocycles. The maximum atomic E-state index is 14.8. The van der Waals surface area contributed by atoms with Gasteiger partial charge in [-0.15, -0.1) is 0 Å². The van der Waals surface area contributed by atoms with Crippen LogP contribution in [0.15, 0.2) is 102 Å². The van der Waals surface area contributed by atoms with Crippen molar-refractivity contribution in [3.63, 3.8) is 0 Å². The highest BCUT2D eigenvalue weighted by molar-refractivity contribution is 6.21. The monoisotopic (exact) mass is 678 g/mol. The van der Waals surface area contributed by atoms with E-state index in [1.165, 1.54) is 36.0 Å². The summed E-state index contributed by atoms with van der Waals surface area (Å²) in [7, 11) is 0. The molecule has 2 aromatic heterocycles. The van der Waals surface area contributed by atoms with Crippen LogP contribution in [0.1, 0.15) is 60.4 Å².